The molecule has 2 aliphatic carbocycles. The summed E-state index contributed by atoms with van der Waals surface area (Å²) in [4.78, 5) is 30.3. The molecule has 2 saturated carbocycles. The molecular formula is C29H40N4O3S2. The lowest BCUT2D eigenvalue weighted by Gasteiger charge is -2.39. The van der Waals surface area contributed by atoms with Crippen LogP contribution in [-0.4, -0.2) is 45.0 Å². The fourth-order valence-corrected chi connectivity index (χ4v) is 7.29. The Labute approximate surface area is 235 Å². The fourth-order valence-electron chi connectivity index (χ4n) is 5.26. The van der Waals surface area contributed by atoms with Crippen molar-refractivity contribution in [2.75, 3.05) is 12.0 Å². The van der Waals surface area contributed by atoms with Gasteiger partial charge >= 0.3 is 5.97 Å². The molecule has 9 heteroatoms. The topological polar surface area (TPSA) is 77.3 Å². The van der Waals surface area contributed by atoms with Crippen LogP contribution >= 0.6 is 23.1 Å². The maximum absolute atomic E-state index is 14.2. The van der Waals surface area contributed by atoms with Gasteiger partial charge < -0.3 is 14.2 Å². The molecule has 2 heterocycles. The van der Waals surface area contributed by atoms with E-state index in [4.69, 9.17) is 4.74 Å². The molecule has 38 heavy (non-hydrogen) atoms. The number of thioether (sulfide) groups is 1. The Morgan fingerprint density at radius 1 is 1.13 bits per heavy atom. The highest BCUT2D eigenvalue weighted by atomic mass is 32.2. The highest BCUT2D eigenvalue weighted by Crippen LogP contribution is 2.41. The molecule has 0 aliphatic heterocycles. The second-order valence-corrected chi connectivity index (χ2v) is 14.1. The summed E-state index contributed by atoms with van der Waals surface area (Å²) in [6, 6.07) is 1.99. The smallest absolute Gasteiger partial charge is 0.350 e. The Bertz CT molecular complexity index is 1190. The van der Waals surface area contributed by atoms with Gasteiger partial charge in [0.05, 0.1) is 17.7 Å². The lowest BCUT2D eigenvalue weighted by molar-refractivity contribution is -0.124. The summed E-state index contributed by atoms with van der Waals surface area (Å²) >= 11 is 3.09. The van der Waals surface area contributed by atoms with Crippen LogP contribution in [-0.2, 0) is 16.6 Å². The number of rotatable bonds is 6. The van der Waals surface area contributed by atoms with Crippen molar-refractivity contribution >= 4 is 40.7 Å². The van der Waals surface area contributed by atoms with Crippen molar-refractivity contribution in [2.24, 2.45) is 24.3 Å². The van der Waals surface area contributed by atoms with Crippen LogP contribution < -0.4 is 4.90 Å². The molecular weight excluding hydrogens is 516 g/mol. The van der Waals surface area contributed by atoms with Crippen LogP contribution in [0.2, 0.25) is 0 Å². The number of aromatic nitrogens is 3. The van der Waals surface area contributed by atoms with E-state index in [0.29, 0.717) is 21.7 Å². The predicted molar refractivity (Wildman–Crippen MR) is 154 cm³/mol. The Morgan fingerprint density at radius 3 is 2.39 bits per heavy atom. The van der Waals surface area contributed by atoms with E-state index in [1.54, 1.807) is 18.1 Å². The molecule has 0 unspecified atom stereocenters. The first kappa shape index (κ1) is 28.7. The van der Waals surface area contributed by atoms with Crippen molar-refractivity contribution in [3.05, 3.63) is 22.1 Å². The van der Waals surface area contributed by atoms with E-state index in [1.807, 2.05) is 22.6 Å². The third-order valence-corrected chi connectivity index (χ3v) is 9.86. The Morgan fingerprint density at radius 2 is 1.82 bits per heavy atom. The van der Waals surface area contributed by atoms with Crippen molar-refractivity contribution in [3.8, 4) is 11.8 Å². The molecule has 2 fully saturated rings. The van der Waals surface area contributed by atoms with Crippen LogP contribution in [0.1, 0.15) is 93.6 Å². The minimum atomic E-state index is -0.407. The zero-order valence-corrected chi connectivity index (χ0v) is 25.1. The monoisotopic (exact) mass is 556 g/mol. The average molecular weight is 557 g/mol. The van der Waals surface area contributed by atoms with Crippen molar-refractivity contribution in [1.29, 1.82) is 0 Å². The Kier molecular flexibility index (Phi) is 9.25. The molecule has 206 valence electrons. The Balaban J connectivity index is 1.64. The third-order valence-electron chi connectivity index (χ3n) is 7.46. The molecule has 0 spiro atoms. The van der Waals surface area contributed by atoms with Crippen molar-refractivity contribution in [3.63, 3.8) is 0 Å². The number of aryl methyl sites for hydroxylation is 1. The molecule has 2 aromatic heterocycles. The number of ether oxygens (including phenoxy) is 1. The van der Waals surface area contributed by atoms with Crippen LogP contribution in [0.25, 0.3) is 0 Å². The van der Waals surface area contributed by atoms with Gasteiger partial charge in [0.2, 0.25) is 5.91 Å². The Hall–Kier alpha value is -2.31. The van der Waals surface area contributed by atoms with Gasteiger partial charge in [-0.25, -0.2) is 4.79 Å². The van der Waals surface area contributed by atoms with E-state index in [2.05, 4.69) is 49.7 Å². The lowest BCUT2D eigenvalue weighted by Crippen LogP contribution is -2.46. The quantitative estimate of drug-likeness (QED) is 0.306. The third kappa shape index (κ3) is 7.01. The van der Waals surface area contributed by atoms with Gasteiger partial charge in [0.15, 0.2) is 5.16 Å². The molecule has 0 atom stereocenters. The normalized spacial score (nSPS) is 23.8. The number of nitrogens with zero attached hydrogens (tertiary/aromatic N) is 4. The molecule has 0 saturated heterocycles. The van der Waals surface area contributed by atoms with Gasteiger partial charge in [0.25, 0.3) is 0 Å². The number of anilines is 1. The molecule has 0 bridgehead atoms. The molecule has 4 rings (SSSR count). The van der Waals surface area contributed by atoms with Gasteiger partial charge in [-0.3, -0.25) is 4.79 Å². The molecule has 0 aromatic carbocycles. The van der Waals surface area contributed by atoms with E-state index < -0.39 is 5.97 Å². The van der Waals surface area contributed by atoms with E-state index >= 15 is 0 Å². The minimum absolute atomic E-state index is 0.00792. The first-order valence-electron chi connectivity index (χ1n) is 13.6. The second kappa shape index (κ2) is 12.3. The average Bonchev–Trinajstić information content (AvgIpc) is 3.49. The predicted octanol–water partition coefficient (Wildman–Crippen LogP) is 6.32. The summed E-state index contributed by atoms with van der Waals surface area (Å²) < 4.78 is 7.12. The second-order valence-electron chi connectivity index (χ2n) is 11.8. The summed E-state index contributed by atoms with van der Waals surface area (Å²) in [5, 5.41) is 9.59. The maximum atomic E-state index is 14.2. The molecule has 2 aliphatic rings. The number of thiophene rings is 1. The molecule has 0 N–H and O–H groups in total. The van der Waals surface area contributed by atoms with Gasteiger partial charge in [-0.2, -0.15) is 0 Å². The van der Waals surface area contributed by atoms with Gasteiger partial charge in [-0.15, -0.1) is 21.5 Å². The van der Waals surface area contributed by atoms with Gasteiger partial charge in [0, 0.05) is 29.7 Å². The number of carbonyl (C=O) groups excluding carboxylic acids is 2. The summed E-state index contributed by atoms with van der Waals surface area (Å²) in [5.74, 6) is 6.92. The number of hydrogen-bond donors (Lipinski definition) is 0. The molecule has 0 radical (unpaired) electrons. The van der Waals surface area contributed by atoms with Crippen molar-refractivity contribution < 1.29 is 14.3 Å². The van der Waals surface area contributed by atoms with Crippen LogP contribution in [0.5, 0.6) is 0 Å². The maximum Gasteiger partial charge on any atom is 0.350 e. The van der Waals surface area contributed by atoms with Crippen LogP contribution in [0.15, 0.2) is 17.6 Å². The first-order chi connectivity index (χ1) is 18.1. The standard InChI is InChI=1S/C29H40N4O3S2/c1-19-7-9-20(10-8-19)26(34)33(21-11-13-22(14-12-21)38-28-31-30-18-32(28)5)24-17-23(15-16-29(2,3)4)37-25(24)27(35)36-6/h17-22H,7-14H2,1-6H3. The minimum Gasteiger partial charge on any atom is -0.465 e. The van der Waals surface area contributed by atoms with Gasteiger partial charge in [-0.05, 0) is 84.1 Å². The number of esters is 1. The van der Waals surface area contributed by atoms with Gasteiger partial charge in [-0.1, -0.05) is 30.5 Å². The zero-order valence-electron chi connectivity index (χ0n) is 23.5. The van der Waals surface area contributed by atoms with E-state index in [0.717, 1.165) is 61.4 Å². The SMILES string of the molecule is COC(=O)c1sc(C#CC(C)(C)C)cc1N(C(=O)C1CCC(C)CC1)C1CCC(Sc2nncn2C)CC1. The first-order valence-corrected chi connectivity index (χ1v) is 15.3. The fraction of sp³-hybridized carbons (Fsp3) is 0.655. The van der Waals surface area contributed by atoms with Crippen LogP contribution in [0.3, 0.4) is 0 Å². The highest BCUT2D eigenvalue weighted by Gasteiger charge is 2.38. The van der Waals surface area contributed by atoms with Crippen molar-refractivity contribution in [2.45, 2.75) is 95.5 Å². The zero-order chi connectivity index (χ0) is 27.4. The van der Waals surface area contributed by atoms with E-state index in [1.165, 1.54) is 18.4 Å². The van der Waals surface area contributed by atoms with E-state index in [9.17, 15) is 9.59 Å². The largest absolute Gasteiger partial charge is 0.465 e. The van der Waals surface area contributed by atoms with Gasteiger partial charge in [0.1, 0.15) is 11.2 Å². The number of methoxy groups -OCH3 is 1. The van der Waals surface area contributed by atoms with Crippen LogP contribution in [0, 0.1) is 29.1 Å². The highest BCUT2D eigenvalue weighted by molar-refractivity contribution is 7.99. The molecule has 2 aromatic rings. The lowest BCUT2D eigenvalue weighted by atomic mass is 9.81. The van der Waals surface area contributed by atoms with E-state index in [-0.39, 0.29) is 23.3 Å². The number of carbonyl (C=O) groups is 2. The van der Waals surface area contributed by atoms with Crippen molar-refractivity contribution in [1.82, 2.24) is 14.8 Å². The summed E-state index contributed by atoms with van der Waals surface area (Å²) in [5.41, 5.74) is 0.510. The molecule has 1 amide bonds. The summed E-state index contributed by atoms with van der Waals surface area (Å²) in [6.07, 6.45) is 9.38. The molecule has 7 nitrogen and oxygen atoms in total. The summed E-state index contributed by atoms with van der Waals surface area (Å²) in [7, 11) is 3.36. The van der Waals surface area contributed by atoms with Crippen LogP contribution in [0.4, 0.5) is 5.69 Å². The summed E-state index contributed by atoms with van der Waals surface area (Å²) in [6.45, 7) is 8.45. The number of amides is 1. The number of hydrogen-bond acceptors (Lipinski definition) is 7.